The zero-order valence-corrected chi connectivity index (χ0v) is 25.0. The lowest BCUT2D eigenvalue weighted by molar-refractivity contribution is -0.273. The number of allylic oxidation sites excluding steroid dienone is 1. The standard InChI is InChI=1S/C33H52O7/c1-16-8-11-33(38-15-16)17(2)26-25(40-33)14-23-21-7-6-19-12-20(34)13-24(30-29(37)28(36)27(35)18(3)39-30)32(19,5)22(21)9-10-31(23,26)4/h6,16-18,20-30,34-37H,7-15H2,1-5H3/t16-,17-,18+,20+,21+,22-,23-,24-,25-,26-,27-,28-,29+,30-,31-,32-,33+/m0/s1. The summed E-state index contributed by atoms with van der Waals surface area (Å²) >= 11 is 0. The molecule has 17 atom stereocenters. The van der Waals surface area contributed by atoms with E-state index in [2.05, 4.69) is 33.8 Å². The second-order valence-electron chi connectivity index (χ2n) is 15.6. The molecule has 0 radical (unpaired) electrons. The van der Waals surface area contributed by atoms with Gasteiger partial charge >= 0.3 is 0 Å². The highest BCUT2D eigenvalue weighted by atomic mass is 16.7. The lowest BCUT2D eigenvalue weighted by Crippen LogP contribution is -2.64. The Labute approximate surface area is 239 Å². The highest BCUT2D eigenvalue weighted by Gasteiger charge is 2.69. The van der Waals surface area contributed by atoms with E-state index in [1.54, 1.807) is 6.92 Å². The van der Waals surface area contributed by atoms with Crippen molar-refractivity contribution in [3.05, 3.63) is 11.6 Å². The number of aliphatic hydroxyl groups is 4. The predicted octanol–water partition coefficient (Wildman–Crippen LogP) is 3.81. The molecule has 1 spiro atoms. The van der Waals surface area contributed by atoms with Crippen LogP contribution in [0.4, 0.5) is 0 Å². The van der Waals surface area contributed by atoms with E-state index >= 15 is 0 Å². The van der Waals surface area contributed by atoms with Crippen LogP contribution in [0, 0.1) is 52.3 Å². The van der Waals surface area contributed by atoms with E-state index in [0.717, 1.165) is 38.7 Å². The number of hydrogen-bond donors (Lipinski definition) is 4. The minimum absolute atomic E-state index is 0.128. The molecular formula is C33H52O7. The Hall–Kier alpha value is -0.540. The zero-order chi connectivity index (χ0) is 28.4. The molecule has 0 unspecified atom stereocenters. The van der Waals surface area contributed by atoms with Gasteiger partial charge in [-0.1, -0.05) is 39.3 Å². The summed E-state index contributed by atoms with van der Waals surface area (Å²) in [5.41, 5.74) is 1.28. The SMILES string of the molecule is C[C@H]1CC[C@@]2(OC1)O[C@H]1C[C@H]3[C@@H]4CC=C5C[C@@H](O)C[C@@H]([C@@H]6O[C@H](C)[C@H](O)[C@H](O)[C@H]6O)[C@]5(C)[C@H]4CC[C@]3(C)[C@H]1[C@@H]2C. The smallest absolute Gasteiger partial charge is 0.171 e. The second-order valence-corrected chi connectivity index (χ2v) is 15.6. The third kappa shape index (κ3) is 3.74. The molecule has 7 rings (SSSR count). The quantitative estimate of drug-likeness (QED) is 0.361. The molecule has 4 N–H and O–H groups in total. The van der Waals surface area contributed by atoms with Crippen LogP contribution in [-0.4, -0.2) is 75.5 Å². The van der Waals surface area contributed by atoms with Crippen molar-refractivity contribution in [3.8, 4) is 0 Å². The topological polar surface area (TPSA) is 109 Å². The van der Waals surface area contributed by atoms with Crippen LogP contribution < -0.4 is 0 Å². The van der Waals surface area contributed by atoms with Gasteiger partial charge in [0.15, 0.2) is 5.79 Å². The monoisotopic (exact) mass is 560 g/mol. The van der Waals surface area contributed by atoms with E-state index in [9.17, 15) is 20.4 Å². The first-order chi connectivity index (χ1) is 18.9. The maximum Gasteiger partial charge on any atom is 0.171 e. The number of rotatable bonds is 1. The van der Waals surface area contributed by atoms with E-state index in [1.165, 1.54) is 12.0 Å². The van der Waals surface area contributed by atoms with Crippen LogP contribution in [0.3, 0.4) is 0 Å². The first-order valence-electron chi connectivity index (χ1n) is 16.3. The van der Waals surface area contributed by atoms with Crippen molar-refractivity contribution in [2.75, 3.05) is 6.61 Å². The Morgan fingerprint density at radius 1 is 0.875 bits per heavy atom. The Balaban J connectivity index is 1.19. The lowest BCUT2D eigenvalue weighted by atomic mass is 9.44. The van der Waals surface area contributed by atoms with Crippen LogP contribution in [0.25, 0.3) is 0 Å². The van der Waals surface area contributed by atoms with Crippen molar-refractivity contribution in [1.29, 1.82) is 0 Å². The fraction of sp³-hybridized carbons (Fsp3) is 0.939. The molecule has 7 nitrogen and oxygen atoms in total. The Bertz CT molecular complexity index is 1020. The van der Waals surface area contributed by atoms with Gasteiger partial charge in [-0.3, -0.25) is 0 Å². The van der Waals surface area contributed by atoms with Crippen LogP contribution in [0.5, 0.6) is 0 Å². The van der Waals surface area contributed by atoms with Crippen LogP contribution in [0.1, 0.15) is 86.0 Å². The molecule has 0 bridgehead atoms. The Kier molecular flexibility index (Phi) is 6.69. The van der Waals surface area contributed by atoms with Crippen molar-refractivity contribution in [1.82, 2.24) is 0 Å². The van der Waals surface area contributed by atoms with E-state index in [1.807, 2.05) is 0 Å². The molecule has 6 fully saturated rings. The third-order valence-corrected chi connectivity index (χ3v) is 13.8. The summed E-state index contributed by atoms with van der Waals surface area (Å²) in [5, 5.41) is 43.2. The molecule has 226 valence electrons. The molecule has 3 heterocycles. The maximum absolute atomic E-state index is 11.2. The van der Waals surface area contributed by atoms with Crippen LogP contribution >= 0.6 is 0 Å². The summed E-state index contributed by atoms with van der Waals surface area (Å²) in [5.74, 6) is 2.47. The van der Waals surface area contributed by atoms with Gasteiger partial charge in [0.05, 0.1) is 31.0 Å². The molecular weight excluding hydrogens is 508 g/mol. The second kappa shape index (κ2) is 9.48. The molecule has 7 aliphatic rings. The maximum atomic E-state index is 11.2. The summed E-state index contributed by atoms with van der Waals surface area (Å²) in [7, 11) is 0. The highest BCUT2D eigenvalue weighted by molar-refractivity contribution is 5.29. The van der Waals surface area contributed by atoms with Crippen LogP contribution in [0.2, 0.25) is 0 Å². The minimum Gasteiger partial charge on any atom is -0.393 e. The van der Waals surface area contributed by atoms with Gasteiger partial charge in [-0.2, -0.15) is 0 Å². The first-order valence-corrected chi connectivity index (χ1v) is 16.3. The molecule has 0 amide bonds. The van der Waals surface area contributed by atoms with E-state index in [4.69, 9.17) is 14.2 Å². The van der Waals surface area contributed by atoms with Gasteiger partial charge in [-0.05, 0) is 98.2 Å². The molecule has 3 saturated heterocycles. The van der Waals surface area contributed by atoms with Crippen molar-refractivity contribution in [2.45, 2.75) is 135 Å². The molecule has 7 heteroatoms. The van der Waals surface area contributed by atoms with Crippen LogP contribution in [0.15, 0.2) is 11.6 Å². The Morgan fingerprint density at radius 3 is 2.38 bits per heavy atom. The number of aliphatic hydroxyl groups excluding tert-OH is 4. The minimum atomic E-state index is -1.25. The Morgan fingerprint density at radius 2 is 1.65 bits per heavy atom. The summed E-state index contributed by atoms with van der Waals surface area (Å²) in [6.45, 7) is 12.1. The zero-order valence-electron chi connectivity index (χ0n) is 25.0. The van der Waals surface area contributed by atoms with E-state index in [0.29, 0.717) is 48.3 Å². The normalized spacial score (nSPS) is 61.4. The van der Waals surface area contributed by atoms with Gasteiger partial charge in [0.1, 0.15) is 18.3 Å². The summed E-state index contributed by atoms with van der Waals surface area (Å²) in [4.78, 5) is 0. The lowest BCUT2D eigenvalue weighted by Gasteiger charge is -2.62. The first kappa shape index (κ1) is 28.2. The molecule has 4 aliphatic carbocycles. The molecule has 0 aromatic heterocycles. The van der Waals surface area contributed by atoms with Crippen molar-refractivity contribution in [3.63, 3.8) is 0 Å². The van der Waals surface area contributed by atoms with Crippen molar-refractivity contribution < 1.29 is 34.6 Å². The van der Waals surface area contributed by atoms with Gasteiger partial charge in [-0.15, -0.1) is 0 Å². The summed E-state index contributed by atoms with van der Waals surface area (Å²) in [6, 6.07) is 0. The van der Waals surface area contributed by atoms with Crippen LogP contribution in [-0.2, 0) is 14.2 Å². The molecule has 3 saturated carbocycles. The fourth-order valence-electron chi connectivity index (χ4n) is 11.7. The molecule has 40 heavy (non-hydrogen) atoms. The summed E-state index contributed by atoms with van der Waals surface area (Å²) in [6.07, 6.45) is 5.23. The van der Waals surface area contributed by atoms with Gasteiger partial charge in [0.25, 0.3) is 0 Å². The van der Waals surface area contributed by atoms with E-state index in [-0.39, 0.29) is 22.9 Å². The highest BCUT2D eigenvalue weighted by Crippen LogP contribution is 2.71. The number of ether oxygens (including phenoxy) is 3. The van der Waals surface area contributed by atoms with Gasteiger partial charge in [-0.25, -0.2) is 0 Å². The predicted molar refractivity (Wildman–Crippen MR) is 149 cm³/mol. The fourth-order valence-corrected chi connectivity index (χ4v) is 11.7. The largest absolute Gasteiger partial charge is 0.393 e. The van der Waals surface area contributed by atoms with Crippen molar-refractivity contribution >= 4 is 0 Å². The van der Waals surface area contributed by atoms with Gasteiger partial charge in [0, 0.05) is 12.3 Å². The van der Waals surface area contributed by atoms with E-state index < -0.39 is 42.4 Å². The number of hydrogen-bond acceptors (Lipinski definition) is 7. The third-order valence-electron chi connectivity index (χ3n) is 13.8. The van der Waals surface area contributed by atoms with Gasteiger partial charge < -0.3 is 34.6 Å². The average molecular weight is 561 g/mol. The molecule has 0 aromatic carbocycles. The average Bonchev–Trinajstić information content (AvgIpc) is 3.36. The van der Waals surface area contributed by atoms with Crippen molar-refractivity contribution in [2.24, 2.45) is 52.3 Å². The summed E-state index contributed by atoms with van der Waals surface area (Å²) < 4.78 is 19.7. The molecule has 0 aromatic rings. The number of fused-ring (bicyclic) bond motifs is 7. The van der Waals surface area contributed by atoms with Gasteiger partial charge in [0.2, 0.25) is 0 Å². The molecule has 3 aliphatic heterocycles.